The molecule has 0 bridgehead atoms. The van der Waals surface area contributed by atoms with Crippen molar-refractivity contribution in [1.29, 1.82) is 0 Å². The van der Waals surface area contributed by atoms with Crippen LogP contribution in [0.1, 0.15) is 19.3 Å². The van der Waals surface area contributed by atoms with Crippen molar-refractivity contribution in [2.24, 2.45) is 5.92 Å². The number of fused-ring (bicyclic) bond motifs is 1. The van der Waals surface area contributed by atoms with Gasteiger partial charge in [0.25, 0.3) is 0 Å². The van der Waals surface area contributed by atoms with E-state index >= 15 is 0 Å². The SMILES string of the molecule is O=C(CC1CCS(=O)(=O)CC1)Nc1ccc2cn[nH]c2c1. The van der Waals surface area contributed by atoms with Gasteiger partial charge in [0.15, 0.2) is 0 Å². The van der Waals surface area contributed by atoms with E-state index in [0.29, 0.717) is 19.3 Å². The van der Waals surface area contributed by atoms with Gasteiger partial charge in [0.05, 0.1) is 23.2 Å². The van der Waals surface area contributed by atoms with Gasteiger partial charge in [-0.05, 0) is 37.0 Å². The minimum atomic E-state index is -2.87. The van der Waals surface area contributed by atoms with Gasteiger partial charge in [0, 0.05) is 17.5 Å². The predicted octanol–water partition coefficient (Wildman–Crippen LogP) is 1.72. The van der Waals surface area contributed by atoms with Gasteiger partial charge in [-0.25, -0.2) is 8.42 Å². The topological polar surface area (TPSA) is 91.9 Å². The third kappa shape index (κ3) is 3.41. The molecule has 0 atom stereocenters. The van der Waals surface area contributed by atoms with Gasteiger partial charge in [-0.15, -0.1) is 0 Å². The van der Waals surface area contributed by atoms with Crippen LogP contribution in [-0.4, -0.2) is 36.0 Å². The molecule has 112 valence electrons. The number of aromatic amines is 1. The zero-order chi connectivity index (χ0) is 14.9. The molecule has 1 aliphatic rings. The number of nitrogens with one attached hydrogen (secondary N) is 2. The van der Waals surface area contributed by atoms with Gasteiger partial charge in [-0.1, -0.05) is 0 Å². The lowest BCUT2D eigenvalue weighted by Crippen LogP contribution is -2.26. The molecule has 0 radical (unpaired) electrons. The molecule has 2 N–H and O–H groups in total. The summed E-state index contributed by atoms with van der Waals surface area (Å²) in [6, 6.07) is 5.56. The highest BCUT2D eigenvalue weighted by molar-refractivity contribution is 7.91. The summed E-state index contributed by atoms with van der Waals surface area (Å²) in [6.07, 6.45) is 3.25. The first-order valence-electron chi connectivity index (χ1n) is 6.95. The summed E-state index contributed by atoms with van der Waals surface area (Å²) in [4.78, 5) is 12.0. The number of benzene rings is 1. The fraction of sp³-hybridized carbons (Fsp3) is 0.429. The van der Waals surface area contributed by atoms with Crippen LogP contribution >= 0.6 is 0 Å². The van der Waals surface area contributed by atoms with Gasteiger partial charge in [0.1, 0.15) is 9.84 Å². The van der Waals surface area contributed by atoms with Crippen LogP contribution in [0.25, 0.3) is 10.9 Å². The average Bonchev–Trinajstić information content (AvgIpc) is 2.88. The maximum absolute atomic E-state index is 12.0. The summed E-state index contributed by atoms with van der Waals surface area (Å²) in [7, 11) is -2.87. The number of nitrogens with zero attached hydrogens (tertiary/aromatic N) is 1. The Bertz CT molecular complexity index is 753. The number of aromatic nitrogens is 2. The number of hydrogen-bond acceptors (Lipinski definition) is 4. The Hall–Kier alpha value is -1.89. The monoisotopic (exact) mass is 307 g/mol. The lowest BCUT2D eigenvalue weighted by Gasteiger charge is -2.21. The molecule has 2 heterocycles. The molecule has 0 saturated carbocycles. The molecule has 6 nitrogen and oxygen atoms in total. The van der Waals surface area contributed by atoms with E-state index in [1.54, 1.807) is 6.20 Å². The highest BCUT2D eigenvalue weighted by Gasteiger charge is 2.25. The number of sulfone groups is 1. The van der Waals surface area contributed by atoms with Crippen molar-refractivity contribution < 1.29 is 13.2 Å². The summed E-state index contributed by atoms with van der Waals surface area (Å²) in [6.45, 7) is 0. The molecule has 1 fully saturated rings. The van der Waals surface area contributed by atoms with E-state index in [9.17, 15) is 13.2 Å². The quantitative estimate of drug-likeness (QED) is 0.903. The molecule has 1 aromatic carbocycles. The average molecular weight is 307 g/mol. The van der Waals surface area contributed by atoms with Gasteiger partial charge in [-0.3, -0.25) is 9.89 Å². The third-order valence-corrected chi connectivity index (χ3v) is 5.59. The Labute approximate surface area is 122 Å². The molecule has 2 aromatic rings. The van der Waals surface area contributed by atoms with Crippen LogP contribution in [0.15, 0.2) is 24.4 Å². The lowest BCUT2D eigenvalue weighted by molar-refractivity contribution is -0.117. The predicted molar refractivity (Wildman–Crippen MR) is 80.7 cm³/mol. The number of carbonyl (C=O) groups excluding carboxylic acids is 1. The second-order valence-corrected chi connectivity index (χ2v) is 7.82. The van der Waals surface area contributed by atoms with Crippen LogP contribution in [0.3, 0.4) is 0 Å². The molecule has 1 aromatic heterocycles. The molecule has 21 heavy (non-hydrogen) atoms. The summed E-state index contributed by atoms with van der Waals surface area (Å²) < 4.78 is 22.7. The van der Waals surface area contributed by atoms with E-state index < -0.39 is 9.84 Å². The van der Waals surface area contributed by atoms with Crippen LogP contribution in [0.5, 0.6) is 0 Å². The zero-order valence-corrected chi connectivity index (χ0v) is 12.3. The summed E-state index contributed by atoms with van der Waals surface area (Å²) >= 11 is 0. The zero-order valence-electron chi connectivity index (χ0n) is 11.5. The van der Waals surface area contributed by atoms with Crippen molar-refractivity contribution in [2.45, 2.75) is 19.3 Å². The van der Waals surface area contributed by atoms with E-state index in [4.69, 9.17) is 0 Å². The van der Waals surface area contributed by atoms with Crippen LogP contribution in [0, 0.1) is 5.92 Å². The number of H-pyrrole nitrogens is 1. The first-order valence-corrected chi connectivity index (χ1v) is 8.77. The Morgan fingerprint density at radius 2 is 2.10 bits per heavy atom. The first kappa shape index (κ1) is 14.1. The molecular formula is C14H17N3O3S. The summed E-state index contributed by atoms with van der Waals surface area (Å²) in [5.74, 6) is 0.485. The molecule has 1 aliphatic heterocycles. The van der Waals surface area contributed by atoms with E-state index in [1.807, 2.05) is 18.2 Å². The molecule has 0 unspecified atom stereocenters. The van der Waals surface area contributed by atoms with Crippen molar-refractivity contribution >= 4 is 32.3 Å². The standard InChI is InChI=1S/C14H17N3O3S/c18-14(7-10-3-5-21(19,20)6-4-10)16-12-2-1-11-9-15-17-13(11)8-12/h1-2,8-10H,3-7H2,(H,15,17)(H,16,18). The Morgan fingerprint density at radius 3 is 2.86 bits per heavy atom. The van der Waals surface area contributed by atoms with Gasteiger partial charge < -0.3 is 5.32 Å². The largest absolute Gasteiger partial charge is 0.326 e. The fourth-order valence-electron chi connectivity index (χ4n) is 2.63. The normalized spacial score (nSPS) is 18.7. The highest BCUT2D eigenvalue weighted by Crippen LogP contribution is 2.23. The number of amides is 1. The van der Waals surface area contributed by atoms with E-state index in [1.165, 1.54) is 0 Å². The van der Waals surface area contributed by atoms with Gasteiger partial charge in [-0.2, -0.15) is 5.10 Å². The smallest absolute Gasteiger partial charge is 0.224 e. The van der Waals surface area contributed by atoms with E-state index in [0.717, 1.165) is 16.6 Å². The van der Waals surface area contributed by atoms with Crippen molar-refractivity contribution in [3.05, 3.63) is 24.4 Å². The maximum atomic E-state index is 12.0. The van der Waals surface area contributed by atoms with Crippen molar-refractivity contribution in [3.63, 3.8) is 0 Å². The van der Waals surface area contributed by atoms with Gasteiger partial charge >= 0.3 is 0 Å². The molecule has 0 spiro atoms. The second-order valence-electron chi connectivity index (χ2n) is 5.52. The lowest BCUT2D eigenvalue weighted by atomic mass is 9.98. The number of carbonyl (C=O) groups is 1. The van der Waals surface area contributed by atoms with Crippen LogP contribution in [0.4, 0.5) is 5.69 Å². The third-order valence-electron chi connectivity index (χ3n) is 3.87. The molecule has 7 heteroatoms. The Balaban J connectivity index is 1.59. The Kier molecular flexibility index (Phi) is 3.67. The van der Waals surface area contributed by atoms with E-state index in [2.05, 4.69) is 15.5 Å². The molecule has 3 rings (SSSR count). The summed E-state index contributed by atoms with van der Waals surface area (Å²) in [5.41, 5.74) is 1.59. The van der Waals surface area contributed by atoms with Crippen molar-refractivity contribution in [1.82, 2.24) is 10.2 Å². The second kappa shape index (κ2) is 5.48. The number of hydrogen-bond donors (Lipinski definition) is 2. The fourth-order valence-corrected chi connectivity index (χ4v) is 4.22. The van der Waals surface area contributed by atoms with Crippen LogP contribution in [-0.2, 0) is 14.6 Å². The molecule has 0 aliphatic carbocycles. The van der Waals surface area contributed by atoms with Gasteiger partial charge in [0.2, 0.25) is 5.91 Å². The van der Waals surface area contributed by atoms with Crippen molar-refractivity contribution in [3.8, 4) is 0 Å². The minimum Gasteiger partial charge on any atom is -0.326 e. The van der Waals surface area contributed by atoms with Crippen LogP contribution in [0.2, 0.25) is 0 Å². The molecule has 1 amide bonds. The highest BCUT2D eigenvalue weighted by atomic mass is 32.2. The number of rotatable bonds is 3. The summed E-state index contributed by atoms with van der Waals surface area (Å²) in [5, 5.41) is 10.6. The molecular weight excluding hydrogens is 290 g/mol. The van der Waals surface area contributed by atoms with Crippen LogP contribution < -0.4 is 5.32 Å². The molecule has 1 saturated heterocycles. The number of anilines is 1. The minimum absolute atomic E-state index is 0.0711. The first-order chi connectivity index (χ1) is 10.0. The van der Waals surface area contributed by atoms with E-state index in [-0.39, 0.29) is 23.3 Å². The van der Waals surface area contributed by atoms with Crippen molar-refractivity contribution in [2.75, 3.05) is 16.8 Å². The Morgan fingerprint density at radius 1 is 1.33 bits per heavy atom. The maximum Gasteiger partial charge on any atom is 0.224 e.